The number of halogens is 3. The van der Waals surface area contributed by atoms with Crippen LogP contribution in [-0.2, 0) is 19.0 Å². The minimum Gasteiger partial charge on any atom is -0.354 e. The molecule has 4 rings (SSSR count). The average Bonchev–Trinajstić information content (AvgIpc) is 3.02. The van der Waals surface area contributed by atoms with E-state index in [4.69, 9.17) is 0 Å². The van der Waals surface area contributed by atoms with Crippen molar-refractivity contribution in [1.29, 1.82) is 0 Å². The van der Waals surface area contributed by atoms with Gasteiger partial charge in [-0.15, -0.1) is 5.10 Å². The van der Waals surface area contributed by atoms with Crippen LogP contribution in [0.1, 0.15) is 39.9 Å². The maximum Gasteiger partial charge on any atom is 0.416 e. The molecular weight excluding hydrogens is 383 g/mol. The number of hydrogen-bond donors (Lipinski definition) is 1. The fourth-order valence-electron chi connectivity index (χ4n) is 3.47. The van der Waals surface area contributed by atoms with Crippen molar-refractivity contribution in [2.75, 3.05) is 13.6 Å². The van der Waals surface area contributed by atoms with Gasteiger partial charge in [-0.3, -0.25) is 4.79 Å². The van der Waals surface area contributed by atoms with Crippen molar-refractivity contribution in [3.05, 3.63) is 70.7 Å². The van der Waals surface area contributed by atoms with Crippen LogP contribution in [0.2, 0.25) is 0 Å². The summed E-state index contributed by atoms with van der Waals surface area (Å²) in [5, 5.41) is 11.7. The van der Waals surface area contributed by atoms with Gasteiger partial charge in [-0.05, 0) is 48.6 Å². The molecule has 1 amide bonds. The zero-order valence-corrected chi connectivity index (χ0v) is 15.8. The zero-order valence-electron chi connectivity index (χ0n) is 15.8. The van der Waals surface area contributed by atoms with Crippen molar-refractivity contribution in [3.8, 4) is 0 Å². The predicted octanol–water partition coefficient (Wildman–Crippen LogP) is 3.10. The molecule has 1 N–H and O–H groups in total. The molecular formula is C20H20F3N5O. The number of aromatic nitrogens is 3. The van der Waals surface area contributed by atoms with Gasteiger partial charge in [0.15, 0.2) is 11.9 Å². The van der Waals surface area contributed by atoms with Crippen molar-refractivity contribution >= 4 is 5.91 Å². The van der Waals surface area contributed by atoms with Gasteiger partial charge in [0.2, 0.25) is 0 Å². The van der Waals surface area contributed by atoms with Crippen molar-refractivity contribution in [2.24, 2.45) is 0 Å². The first-order valence-corrected chi connectivity index (χ1v) is 9.32. The number of nitrogens with one attached hydrogen (secondary N) is 1. The van der Waals surface area contributed by atoms with Gasteiger partial charge in [0.25, 0.3) is 5.91 Å². The molecule has 2 aliphatic rings. The number of amides is 1. The summed E-state index contributed by atoms with van der Waals surface area (Å²) >= 11 is 0. The fourth-order valence-corrected chi connectivity index (χ4v) is 3.47. The topological polar surface area (TPSA) is 63.1 Å². The molecule has 29 heavy (non-hydrogen) atoms. The Bertz CT molecular complexity index is 992. The summed E-state index contributed by atoms with van der Waals surface area (Å²) in [7, 11) is 1.85. The summed E-state index contributed by atoms with van der Waals surface area (Å²) in [6, 6.07) is 5.33. The number of aryl methyl sites for hydroxylation is 1. The lowest BCUT2D eigenvalue weighted by Gasteiger charge is -2.27. The molecule has 0 spiro atoms. The minimum atomic E-state index is -4.37. The normalized spacial score (nSPS) is 19.4. The Morgan fingerprint density at radius 3 is 2.90 bits per heavy atom. The van der Waals surface area contributed by atoms with Crippen LogP contribution in [0.5, 0.6) is 0 Å². The Kier molecular flexibility index (Phi) is 4.89. The standard InChI is InChI=1S/C20H20F3N5O/c1-27-9-7-14(10-13-4-2-5-15(11-13)20(21,22)23)12-17(27)28-25-16-6-3-8-24-19(29)18(16)26-28/h2,4-5,7,9,11-12,17H,3,6,8,10H2,1H3,(H,24,29). The summed E-state index contributed by atoms with van der Waals surface area (Å²) in [5.41, 5.74) is 1.76. The summed E-state index contributed by atoms with van der Waals surface area (Å²) in [6.45, 7) is 0.601. The van der Waals surface area contributed by atoms with Crippen LogP contribution in [-0.4, -0.2) is 39.4 Å². The van der Waals surface area contributed by atoms with Crippen LogP contribution in [0.15, 0.2) is 48.2 Å². The number of allylic oxidation sites excluding steroid dienone is 2. The van der Waals surface area contributed by atoms with Crippen molar-refractivity contribution in [1.82, 2.24) is 25.2 Å². The van der Waals surface area contributed by atoms with Crippen LogP contribution in [0.3, 0.4) is 0 Å². The number of carbonyl (C=O) groups is 1. The van der Waals surface area contributed by atoms with E-state index in [2.05, 4.69) is 15.5 Å². The molecule has 0 saturated heterocycles. The number of alkyl halides is 3. The third kappa shape index (κ3) is 4.03. The molecule has 1 aromatic heterocycles. The van der Waals surface area contributed by atoms with Crippen LogP contribution >= 0.6 is 0 Å². The lowest BCUT2D eigenvalue weighted by molar-refractivity contribution is -0.137. The first-order chi connectivity index (χ1) is 13.8. The van der Waals surface area contributed by atoms with E-state index >= 15 is 0 Å². The Hall–Kier alpha value is -3.10. The highest BCUT2D eigenvalue weighted by Gasteiger charge is 2.30. The number of benzene rings is 1. The van der Waals surface area contributed by atoms with Crippen LogP contribution in [0.4, 0.5) is 13.2 Å². The summed E-state index contributed by atoms with van der Waals surface area (Å²) in [5.74, 6) is -0.231. The number of carbonyl (C=O) groups excluding carboxylic acids is 1. The van der Waals surface area contributed by atoms with Gasteiger partial charge in [-0.2, -0.15) is 23.1 Å². The Labute approximate surface area is 165 Å². The van der Waals surface area contributed by atoms with Gasteiger partial charge in [-0.1, -0.05) is 18.2 Å². The SMILES string of the molecule is CN1C=CC(Cc2cccc(C(F)(F)F)c2)=CC1n1nc2c(n1)C(=O)NCCC2. The van der Waals surface area contributed by atoms with Gasteiger partial charge >= 0.3 is 6.18 Å². The molecule has 0 fully saturated rings. The lowest BCUT2D eigenvalue weighted by Crippen LogP contribution is -2.29. The monoisotopic (exact) mass is 403 g/mol. The Morgan fingerprint density at radius 2 is 2.10 bits per heavy atom. The fraction of sp³-hybridized carbons (Fsp3) is 0.350. The lowest BCUT2D eigenvalue weighted by atomic mass is 10.0. The molecule has 2 aromatic rings. The van der Waals surface area contributed by atoms with Crippen molar-refractivity contribution in [2.45, 2.75) is 31.6 Å². The van der Waals surface area contributed by atoms with Gasteiger partial charge in [0, 0.05) is 19.8 Å². The summed E-state index contributed by atoms with van der Waals surface area (Å²) in [6.07, 6.45) is 2.69. The minimum absolute atomic E-state index is 0.231. The van der Waals surface area contributed by atoms with E-state index < -0.39 is 11.7 Å². The van der Waals surface area contributed by atoms with Gasteiger partial charge in [-0.25, -0.2) is 0 Å². The predicted molar refractivity (Wildman–Crippen MR) is 99.8 cm³/mol. The smallest absolute Gasteiger partial charge is 0.354 e. The van der Waals surface area contributed by atoms with E-state index in [0.717, 1.165) is 18.1 Å². The molecule has 9 heteroatoms. The van der Waals surface area contributed by atoms with Crippen LogP contribution in [0.25, 0.3) is 0 Å². The maximum atomic E-state index is 13.0. The molecule has 3 heterocycles. The van der Waals surface area contributed by atoms with Gasteiger partial charge in [0.05, 0.1) is 11.3 Å². The van der Waals surface area contributed by atoms with Gasteiger partial charge in [0.1, 0.15) is 0 Å². The zero-order chi connectivity index (χ0) is 20.6. The number of rotatable bonds is 3. The number of likely N-dealkylation sites (N-methyl/N-ethyl adjacent to an activating group) is 1. The summed E-state index contributed by atoms with van der Waals surface area (Å²) in [4.78, 5) is 15.5. The van der Waals surface area contributed by atoms with E-state index in [1.807, 2.05) is 30.3 Å². The molecule has 2 aliphatic heterocycles. The van der Waals surface area contributed by atoms with Crippen LogP contribution in [0, 0.1) is 0 Å². The Balaban J connectivity index is 1.59. The third-order valence-electron chi connectivity index (χ3n) is 4.99. The van der Waals surface area contributed by atoms with E-state index in [1.54, 1.807) is 6.07 Å². The molecule has 0 bridgehead atoms. The number of nitrogens with zero attached hydrogens (tertiary/aromatic N) is 4. The van der Waals surface area contributed by atoms with Crippen molar-refractivity contribution < 1.29 is 18.0 Å². The van der Waals surface area contributed by atoms with E-state index in [-0.39, 0.29) is 12.1 Å². The van der Waals surface area contributed by atoms with E-state index in [0.29, 0.717) is 36.3 Å². The third-order valence-corrected chi connectivity index (χ3v) is 4.99. The largest absolute Gasteiger partial charge is 0.416 e. The maximum absolute atomic E-state index is 13.0. The molecule has 1 aromatic carbocycles. The first kappa shape index (κ1) is 19.2. The number of hydrogen-bond acceptors (Lipinski definition) is 4. The molecule has 1 atom stereocenters. The average molecular weight is 403 g/mol. The quantitative estimate of drug-likeness (QED) is 0.856. The number of fused-ring (bicyclic) bond motifs is 1. The molecule has 0 aliphatic carbocycles. The van der Waals surface area contributed by atoms with Gasteiger partial charge < -0.3 is 10.2 Å². The summed E-state index contributed by atoms with van der Waals surface area (Å²) < 4.78 is 38.9. The molecule has 0 saturated carbocycles. The van der Waals surface area contributed by atoms with E-state index in [9.17, 15) is 18.0 Å². The first-order valence-electron chi connectivity index (χ1n) is 9.32. The molecule has 1 unspecified atom stereocenters. The molecule has 152 valence electrons. The molecule has 6 nitrogen and oxygen atoms in total. The van der Waals surface area contributed by atoms with Crippen LogP contribution < -0.4 is 5.32 Å². The van der Waals surface area contributed by atoms with Crippen molar-refractivity contribution in [3.63, 3.8) is 0 Å². The second-order valence-electron chi connectivity index (χ2n) is 7.19. The highest BCUT2D eigenvalue weighted by Crippen LogP contribution is 2.30. The highest BCUT2D eigenvalue weighted by atomic mass is 19.4. The highest BCUT2D eigenvalue weighted by molar-refractivity contribution is 5.93. The second kappa shape index (κ2) is 7.38. The Morgan fingerprint density at radius 1 is 1.28 bits per heavy atom. The van der Waals surface area contributed by atoms with E-state index in [1.165, 1.54) is 16.9 Å². The molecule has 0 radical (unpaired) electrons. The second-order valence-corrected chi connectivity index (χ2v) is 7.19.